The van der Waals surface area contributed by atoms with E-state index >= 15 is 0 Å². The first-order chi connectivity index (χ1) is 10.8. The molecule has 0 aromatic heterocycles. The number of halogens is 1. The molecule has 0 atom stereocenters. The van der Waals surface area contributed by atoms with Gasteiger partial charge in [-0.15, -0.1) is 0 Å². The van der Waals surface area contributed by atoms with Gasteiger partial charge >= 0.3 is 0 Å². The maximum atomic E-state index is 3.58. The topological polar surface area (TPSA) is 0 Å². The van der Waals surface area contributed by atoms with Crippen molar-refractivity contribution in [3.8, 4) is 0 Å². The summed E-state index contributed by atoms with van der Waals surface area (Å²) in [6, 6.07) is 22.2. The highest BCUT2D eigenvalue weighted by Crippen LogP contribution is 2.41. The van der Waals surface area contributed by atoms with E-state index in [1.165, 1.54) is 49.7 Å². The maximum Gasteiger partial charge on any atom is 0.0202 e. The monoisotopic (exact) mass is 358 g/mol. The first-order valence-corrected chi connectivity index (χ1v) is 9.62. The van der Waals surface area contributed by atoms with E-state index in [-0.39, 0.29) is 5.41 Å². The van der Waals surface area contributed by atoms with Crippen molar-refractivity contribution in [2.75, 3.05) is 5.33 Å². The Kier molecular flexibility index (Phi) is 7.18. The van der Waals surface area contributed by atoms with Gasteiger partial charge in [-0.3, -0.25) is 0 Å². The van der Waals surface area contributed by atoms with Crippen LogP contribution in [0.5, 0.6) is 0 Å². The van der Waals surface area contributed by atoms with Gasteiger partial charge < -0.3 is 0 Å². The summed E-state index contributed by atoms with van der Waals surface area (Å²) in [7, 11) is 0. The van der Waals surface area contributed by atoms with Gasteiger partial charge in [-0.2, -0.15) is 0 Å². The highest BCUT2D eigenvalue weighted by Gasteiger charge is 2.32. The molecule has 0 fully saturated rings. The molecule has 0 aliphatic heterocycles. The minimum absolute atomic E-state index is 0.167. The second-order valence-electron chi connectivity index (χ2n) is 6.06. The third kappa shape index (κ3) is 4.23. The first kappa shape index (κ1) is 17.3. The van der Waals surface area contributed by atoms with Crippen LogP contribution in [0.3, 0.4) is 0 Å². The Morgan fingerprint density at radius 2 is 1.23 bits per heavy atom. The van der Waals surface area contributed by atoms with Gasteiger partial charge in [-0.25, -0.2) is 0 Å². The van der Waals surface area contributed by atoms with Gasteiger partial charge in [0.25, 0.3) is 0 Å². The first-order valence-electron chi connectivity index (χ1n) is 8.50. The van der Waals surface area contributed by atoms with E-state index in [0.29, 0.717) is 0 Å². The second-order valence-corrected chi connectivity index (χ2v) is 6.86. The van der Waals surface area contributed by atoms with Gasteiger partial charge in [0.05, 0.1) is 0 Å². The molecule has 2 aromatic rings. The van der Waals surface area contributed by atoms with Crippen LogP contribution in [0.2, 0.25) is 0 Å². The fourth-order valence-corrected chi connectivity index (χ4v) is 3.78. The third-order valence-corrected chi connectivity index (χ3v) is 5.16. The summed E-state index contributed by atoms with van der Waals surface area (Å²) in [5.41, 5.74) is 3.12. The Morgan fingerprint density at radius 3 is 1.68 bits per heavy atom. The Bertz CT molecular complexity index is 479. The molecule has 2 rings (SSSR count). The molecule has 0 amide bonds. The standard InChI is InChI=1S/C21H27Br/c1-2-3-16-21(17-10-11-18-22,19-12-6-4-7-13-19)20-14-8-5-9-15-20/h4-9,12-15H,2-3,10-11,16-18H2,1H3. The molecule has 0 aliphatic carbocycles. The lowest BCUT2D eigenvalue weighted by molar-refractivity contribution is 0.406. The van der Waals surface area contributed by atoms with Crippen LogP contribution in [0.15, 0.2) is 60.7 Å². The Hall–Kier alpha value is -1.08. The number of hydrogen-bond acceptors (Lipinski definition) is 0. The summed E-state index contributed by atoms with van der Waals surface area (Å²) in [4.78, 5) is 0. The van der Waals surface area contributed by atoms with Crippen LogP contribution < -0.4 is 0 Å². The van der Waals surface area contributed by atoms with Crippen LogP contribution in [0.25, 0.3) is 0 Å². The molecule has 22 heavy (non-hydrogen) atoms. The molecular weight excluding hydrogens is 332 g/mol. The maximum absolute atomic E-state index is 3.58. The Balaban J connectivity index is 2.43. The van der Waals surface area contributed by atoms with Crippen LogP contribution in [0, 0.1) is 0 Å². The van der Waals surface area contributed by atoms with E-state index in [9.17, 15) is 0 Å². The molecule has 0 saturated heterocycles. The molecule has 0 heterocycles. The minimum Gasteiger partial charge on any atom is -0.0928 e. The lowest BCUT2D eigenvalue weighted by Crippen LogP contribution is -2.28. The molecule has 0 aliphatic rings. The molecule has 1 heteroatoms. The average Bonchev–Trinajstić information content (AvgIpc) is 2.60. The smallest absolute Gasteiger partial charge is 0.0202 e. The van der Waals surface area contributed by atoms with Gasteiger partial charge in [0.2, 0.25) is 0 Å². The van der Waals surface area contributed by atoms with E-state index in [1.54, 1.807) is 0 Å². The lowest BCUT2D eigenvalue weighted by atomic mass is 9.68. The van der Waals surface area contributed by atoms with Crippen LogP contribution in [0.4, 0.5) is 0 Å². The van der Waals surface area contributed by atoms with Crippen molar-refractivity contribution in [2.24, 2.45) is 0 Å². The number of rotatable bonds is 9. The van der Waals surface area contributed by atoms with Crippen molar-refractivity contribution in [2.45, 2.75) is 50.9 Å². The van der Waals surface area contributed by atoms with Crippen molar-refractivity contribution in [3.05, 3.63) is 71.8 Å². The van der Waals surface area contributed by atoms with Crippen LogP contribution in [0.1, 0.15) is 56.6 Å². The van der Waals surface area contributed by atoms with Crippen molar-refractivity contribution in [1.82, 2.24) is 0 Å². The number of unbranched alkanes of at least 4 members (excludes halogenated alkanes) is 2. The van der Waals surface area contributed by atoms with E-state index in [0.717, 1.165) is 5.33 Å². The van der Waals surface area contributed by atoms with Crippen molar-refractivity contribution in [3.63, 3.8) is 0 Å². The van der Waals surface area contributed by atoms with Gasteiger partial charge in [0.15, 0.2) is 0 Å². The summed E-state index contributed by atoms with van der Waals surface area (Å²) in [5.74, 6) is 0. The quantitative estimate of drug-likeness (QED) is 0.344. The molecule has 0 bridgehead atoms. The normalized spacial score (nSPS) is 11.5. The molecular formula is C21H27Br. The highest BCUT2D eigenvalue weighted by molar-refractivity contribution is 9.09. The second kappa shape index (κ2) is 9.15. The molecule has 0 spiro atoms. The SMILES string of the molecule is CCCCC(CCCCBr)(c1ccccc1)c1ccccc1. The molecule has 0 nitrogen and oxygen atoms in total. The molecule has 0 unspecified atom stereocenters. The summed E-state index contributed by atoms with van der Waals surface area (Å²) >= 11 is 3.58. The van der Waals surface area contributed by atoms with E-state index in [1.807, 2.05) is 0 Å². The summed E-state index contributed by atoms with van der Waals surface area (Å²) < 4.78 is 0. The van der Waals surface area contributed by atoms with Gasteiger partial charge in [0, 0.05) is 10.7 Å². The molecule has 2 aromatic carbocycles. The lowest BCUT2D eigenvalue weighted by Gasteiger charge is -2.36. The number of benzene rings is 2. The molecule has 0 radical (unpaired) electrons. The zero-order valence-electron chi connectivity index (χ0n) is 13.6. The third-order valence-electron chi connectivity index (χ3n) is 4.60. The fourth-order valence-electron chi connectivity index (χ4n) is 3.38. The predicted octanol–water partition coefficient (Wildman–Crippen LogP) is 6.73. The zero-order chi connectivity index (χ0) is 15.7. The van der Waals surface area contributed by atoms with Crippen LogP contribution in [-0.2, 0) is 5.41 Å². The summed E-state index contributed by atoms with van der Waals surface area (Å²) in [5, 5.41) is 1.10. The molecule has 118 valence electrons. The predicted molar refractivity (Wildman–Crippen MR) is 101 cm³/mol. The van der Waals surface area contributed by atoms with Crippen molar-refractivity contribution >= 4 is 15.9 Å². The van der Waals surface area contributed by atoms with E-state index < -0.39 is 0 Å². The van der Waals surface area contributed by atoms with Crippen LogP contribution in [-0.4, -0.2) is 5.33 Å². The Labute approximate surface area is 144 Å². The fraction of sp³-hybridized carbons (Fsp3) is 0.429. The van der Waals surface area contributed by atoms with Crippen molar-refractivity contribution < 1.29 is 0 Å². The average molecular weight is 359 g/mol. The van der Waals surface area contributed by atoms with E-state index in [2.05, 4.69) is 83.5 Å². The largest absolute Gasteiger partial charge is 0.0928 e. The van der Waals surface area contributed by atoms with Gasteiger partial charge in [-0.1, -0.05) is 103 Å². The number of hydrogen-bond donors (Lipinski definition) is 0. The van der Waals surface area contributed by atoms with E-state index in [4.69, 9.17) is 0 Å². The van der Waals surface area contributed by atoms with Crippen molar-refractivity contribution in [1.29, 1.82) is 0 Å². The Morgan fingerprint density at radius 1 is 0.727 bits per heavy atom. The highest BCUT2D eigenvalue weighted by atomic mass is 79.9. The van der Waals surface area contributed by atoms with Gasteiger partial charge in [0.1, 0.15) is 0 Å². The summed E-state index contributed by atoms with van der Waals surface area (Å²) in [6.45, 7) is 2.29. The minimum atomic E-state index is 0.167. The molecule has 0 saturated carbocycles. The van der Waals surface area contributed by atoms with Gasteiger partial charge in [-0.05, 0) is 30.4 Å². The summed E-state index contributed by atoms with van der Waals surface area (Å²) in [6.07, 6.45) is 7.50. The zero-order valence-corrected chi connectivity index (χ0v) is 15.2. The number of alkyl halides is 1. The molecule has 0 N–H and O–H groups in total. The van der Waals surface area contributed by atoms with Crippen LogP contribution >= 0.6 is 15.9 Å².